The van der Waals surface area contributed by atoms with E-state index < -0.39 is 5.60 Å². The first-order valence-corrected chi connectivity index (χ1v) is 8.18. The Morgan fingerprint density at radius 1 is 1.45 bits per heavy atom. The Hall–Kier alpha value is -1.40. The number of amides is 1. The molecule has 1 N–H and O–H groups in total. The molecule has 1 atom stereocenters. The van der Waals surface area contributed by atoms with Crippen molar-refractivity contribution in [3.8, 4) is 0 Å². The average Bonchev–Trinajstić information content (AvgIpc) is 3.07. The standard InChI is InChI=1S/C16H25N3O3/c1-3-5-7-15(21)9-16(22-12-15)10-18(11-16)14(20)13-6-8-17-19(13)4-2/h6,8,21H,3-5,7,9-12H2,1-2H3/t15-/m0/s1. The summed E-state index contributed by atoms with van der Waals surface area (Å²) in [5, 5.41) is 14.7. The van der Waals surface area contributed by atoms with Gasteiger partial charge in [0, 0.05) is 19.2 Å². The normalized spacial score (nSPS) is 26.4. The number of hydrogen-bond acceptors (Lipinski definition) is 4. The maximum absolute atomic E-state index is 12.5. The predicted octanol–water partition coefficient (Wildman–Crippen LogP) is 1.44. The molecule has 22 heavy (non-hydrogen) atoms. The van der Waals surface area contributed by atoms with Crippen LogP contribution in [0.3, 0.4) is 0 Å². The van der Waals surface area contributed by atoms with Crippen LogP contribution in [-0.4, -0.2) is 56.6 Å². The maximum Gasteiger partial charge on any atom is 0.272 e. The molecule has 0 aromatic carbocycles. The first-order chi connectivity index (χ1) is 10.5. The van der Waals surface area contributed by atoms with Gasteiger partial charge in [0.15, 0.2) is 0 Å². The molecule has 0 unspecified atom stereocenters. The van der Waals surface area contributed by atoms with E-state index in [0.29, 0.717) is 38.4 Å². The van der Waals surface area contributed by atoms with Crippen LogP contribution in [0, 0.1) is 0 Å². The van der Waals surface area contributed by atoms with Crippen LogP contribution in [-0.2, 0) is 11.3 Å². The zero-order chi connectivity index (χ0) is 15.8. The van der Waals surface area contributed by atoms with E-state index in [1.54, 1.807) is 21.8 Å². The van der Waals surface area contributed by atoms with E-state index >= 15 is 0 Å². The highest BCUT2D eigenvalue weighted by molar-refractivity contribution is 5.93. The van der Waals surface area contributed by atoms with E-state index in [9.17, 15) is 9.90 Å². The van der Waals surface area contributed by atoms with Gasteiger partial charge in [-0.1, -0.05) is 19.8 Å². The second-order valence-electron chi connectivity index (χ2n) is 6.67. The van der Waals surface area contributed by atoms with Crippen molar-refractivity contribution in [2.45, 2.75) is 57.3 Å². The van der Waals surface area contributed by atoms with E-state index in [1.807, 2.05) is 6.92 Å². The van der Waals surface area contributed by atoms with Gasteiger partial charge < -0.3 is 14.7 Å². The number of carbonyl (C=O) groups is 1. The molecule has 0 saturated carbocycles. The molecule has 6 heteroatoms. The minimum absolute atomic E-state index is 0.00225. The van der Waals surface area contributed by atoms with Crippen molar-refractivity contribution in [2.75, 3.05) is 19.7 Å². The number of aliphatic hydroxyl groups is 1. The largest absolute Gasteiger partial charge is 0.387 e. The van der Waals surface area contributed by atoms with Crippen LogP contribution in [0.15, 0.2) is 12.3 Å². The molecular weight excluding hydrogens is 282 g/mol. The lowest BCUT2D eigenvalue weighted by Gasteiger charge is -2.47. The molecule has 3 heterocycles. The Kier molecular flexibility index (Phi) is 3.99. The molecular formula is C16H25N3O3. The monoisotopic (exact) mass is 307 g/mol. The summed E-state index contributed by atoms with van der Waals surface area (Å²) >= 11 is 0. The van der Waals surface area contributed by atoms with Gasteiger partial charge in [0.05, 0.1) is 25.3 Å². The SMILES string of the molecule is CCCC[C@@]1(O)COC2(CN(C(=O)c3ccnn3CC)C2)C1. The number of aryl methyl sites for hydroxylation is 1. The highest BCUT2D eigenvalue weighted by Crippen LogP contribution is 2.42. The lowest BCUT2D eigenvalue weighted by Crippen LogP contribution is -2.63. The molecule has 2 aliphatic rings. The summed E-state index contributed by atoms with van der Waals surface area (Å²) in [6, 6.07) is 1.75. The van der Waals surface area contributed by atoms with Crippen LogP contribution in [0.5, 0.6) is 0 Å². The summed E-state index contributed by atoms with van der Waals surface area (Å²) < 4.78 is 7.59. The van der Waals surface area contributed by atoms with E-state index in [0.717, 1.165) is 19.3 Å². The van der Waals surface area contributed by atoms with Crippen LogP contribution < -0.4 is 0 Å². The van der Waals surface area contributed by atoms with Crippen LogP contribution >= 0.6 is 0 Å². The van der Waals surface area contributed by atoms with E-state index in [4.69, 9.17) is 4.74 Å². The number of nitrogens with zero attached hydrogens (tertiary/aromatic N) is 3. The summed E-state index contributed by atoms with van der Waals surface area (Å²) in [5.41, 5.74) is -0.428. The van der Waals surface area contributed by atoms with Gasteiger partial charge in [-0.15, -0.1) is 0 Å². The van der Waals surface area contributed by atoms with E-state index in [-0.39, 0.29) is 11.5 Å². The molecule has 2 saturated heterocycles. The molecule has 1 spiro atoms. The number of likely N-dealkylation sites (tertiary alicyclic amines) is 1. The predicted molar refractivity (Wildman–Crippen MR) is 81.6 cm³/mol. The van der Waals surface area contributed by atoms with Crippen LogP contribution in [0.2, 0.25) is 0 Å². The summed E-state index contributed by atoms with van der Waals surface area (Å²) in [7, 11) is 0. The Morgan fingerprint density at radius 2 is 2.23 bits per heavy atom. The number of rotatable bonds is 5. The lowest BCUT2D eigenvalue weighted by atomic mass is 9.82. The smallest absolute Gasteiger partial charge is 0.272 e. The fraction of sp³-hybridized carbons (Fsp3) is 0.750. The highest BCUT2D eigenvalue weighted by atomic mass is 16.5. The van der Waals surface area contributed by atoms with Crippen molar-refractivity contribution < 1.29 is 14.6 Å². The second kappa shape index (κ2) is 5.66. The molecule has 122 valence electrons. The van der Waals surface area contributed by atoms with Gasteiger partial charge in [0.25, 0.3) is 5.91 Å². The molecule has 1 amide bonds. The topological polar surface area (TPSA) is 67.6 Å². The zero-order valence-electron chi connectivity index (χ0n) is 13.4. The summed E-state index contributed by atoms with van der Waals surface area (Å²) in [6.07, 6.45) is 5.15. The number of ether oxygens (including phenoxy) is 1. The van der Waals surface area contributed by atoms with Crippen molar-refractivity contribution in [1.82, 2.24) is 14.7 Å². The quantitative estimate of drug-likeness (QED) is 0.894. The Labute approximate surface area is 131 Å². The molecule has 0 bridgehead atoms. The van der Waals surface area contributed by atoms with Gasteiger partial charge in [-0.25, -0.2) is 0 Å². The molecule has 0 radical (unpaired) electrons. The van der Waals surface area contributed by atoms with Gasteiger partial charge in [0.1, 0.15) is 11.3 Å². The molecule has 2 aliphatic heterocycles. The third kappa shape index (κ3) is 2.65. The fourth-order valence-corrected chi connectivity index (χ4v) is 3.58. The van der Waals surface area contributed by atoms with Gasteiger partial charge in [-0.2, -0.15) is 5.10 Å². The Morgan fingerprint density at radius 3 is 2.91 bits per heavy atom. The molecule has 6 nitrogen and oxygen atoms in total. The average molecular weight is 307 g/mol. The second-order valence-corrected chi connectivity index (χ2v) is 6.67. The van der Waals surface area contributed by atoms with Crippen molar-refractivity contribution in [2.24, 2.45) is 0 Å². The van der Waals surface area contributed by atoms with Crippen molar-refractivity contribution in [3.63, 3.8) is 0 Å². The highest BCUT2D eigenvalue weighted by Gasteiger charge is 2.56. The minimum atomic E-state index is -0.712. The molecule has 1 aromatic heterocycles. The Bertz CT molecular complexity index is 551. The molecule has 1 aromatic rings. The van der Waals surface area contributed by atoms with Crippen LogP contribution in [0.1, 0.15) is 50.0 Å². The summed E-state index contributed by atoms with van der Waals surface area (Å²) in [5.74, 6) is -0.00225. The fourth-order valence-electron chi connectivity index (χ4n) is 3.58. The molecule has 2 fully saturated rings. The van der Waals surface area contributed by atoms with Crippen molar-refractivity contribution >= 4 is 5.91 Å². The molecule has 0 aliphatic carbocycles. The number of aromatic nitrogens is 2. The third-order valence-electron chi connectivity index (χ3n) is 4.77. The van der Waals surface area contributed by atoms with Gasteiger partial charge in [-0.05, 0) is 19.4 Å². The summed E-state index contributed by atoms with van der Waals surface area (Å²) in [6.45, 7) is 6.29. The van der Waals surface area contributed by atoms with Crippen molar-refractivity contribution in [3.05, 3.63) is 18.0 Å². The number of hydrogen-bond donors (Lipinski definition) is 1. The lowest BCUT2D eigenvalue weighted by molar-refractivity contribution is -0.0958. The van der Waals surface area contributed by atoms with Crippen molar-refractivity contribution in [1.29, 1.82) is 0 Å². The summed E-state index contributed by atoms with van der Waals surface area (Å²) in [4.78, 5) is 14.3. The number of carbonyl (C=O) groups excluding carboxylic acids is 1. The maximum atomic E-state index is 12.5. The van der Waals surface area contributed by atoms with Crippen LogP contribution in [0.4, 0.5) is 0 Å². The third-order valence-corrected chi connectivity index (χ3v) is 4.77. The molecule has 3 rings (SSSR count). The first-order valence-electron chi connectivity index (χ1n) is 8.18. The van der Waals surface area contributed by atoms with E-state index in [1.165, 1.54) is 0 Å². The Balaban J connectivity index is 1.59. The van der Waals surface area contributed by atoms with Gasteiger partial charge in [-0.3, -0.25) is 9.48 Å². The van der Waals surface area contributed by atoms with Gasteiger partial charge in [0.2, 0.25) is 0 Å². The first kappa shape index (κ1) is 15.5. The minimum Gasteiger partial charge on any atom is -0.387 e. The van der Waals surface area contributed by atoms with E-state index in [2.05, 4.69) is 12.0 Å². The number of unbranched alkanes of at least 4 members (excludes halogenated alkanes) is 1. The van der Waals surface area contributed by atoms with Crippen LogP contribution in [0.25, 0.3) is 0 Å². The van der Waals surface area contributed by atoms with Gasteiger partial charge >= 0.3 is 0 Å². The zero-order valence-corrected chi connectivity index (χ0v) is 13.4.